The highest BCUT2D eigenvalue weighted by molar-refractivity contribution is 6.51. The maximum Gasteiger partial charge on any atom is 0.300 e. The summed E-state index contributed by atoms with van der Waals surface area (Å²) in [6.07, 6.45) is 6.27. The van der Waals surface area contributed by atoms with Gasteiger partial charge in [-0.05, 0) is 49.2 Å². The maximum absolute atomic E-state index is 13.1. The van der Waals surface area contributed by atoms with Crippen molar-refractivity contribution in [3.05, 3.63) is 95.1 Å². The van der Waals surface area contributed by atoms with Gasteiger partial charge >= 0.3 is 0 Å². The molecule has 4 rings (SSSR count). The summed E-state index contributed by atoms with van der Waals surface area (Å²) in [5.41, 5.74) is 3.64. The van der Waals surface area contributed by atoms with Gasteiger partial charge in [-0.1, -0.05) is 23.8 Å². The van der Waals surface area contributed by atoms with Crippen LogP contribution in [-0.4, -0.2) is 26.8 Å². The minimum Gasteiger partial charge on any atom is -0.507 e. The van der Waals surface area contributed by atoms with Crippen LogP contribution < -0.4 is 4.90 Å². The lowest BCUT2D eigenvalue weighted by Gasteiger charge is -2.26. The van der Waals surface area contributed by atoms with Crippen LogP contribution in [0.5, 0.6) is 0 Å². The number of carbonyl (C=O) groups is 2. The number of rotatable bonds is 3. The molecule has 0 aliphatic carbocycles. The Kier molecular flexibility index (Phi) is 4.68. The summed E-state index contributed by atoms with van der Waals surface area (Å²) in [6, 6.07) is 11.6. The van der Waals surface area contributed by atoms with Gasteiger partial charge in [-0.3, -0.25) is 24.5 Å². The Balaban J connectivity index is 1.97. The summed E-state index contributed by atoms with van der Waals surface area (Å²) in [5.74, 6) is -1.64. The molecule has 6 nitrogen and oxygen atoms in total. The van der Waals surface area contributed by atoms with Crippen LogP contribution in [0.25, 0.3) is 5.76 Å². The van der Waals surface area contributed by atoms with Crippen molar-refractivity contribution in [2.75, 3.05) is 4.90 Å². The molecule has 1 unspecified atom stereocenters. The molecule has 3 heterocycles. The van der Waals surface area contributed by atoms with Crippen LogP contribution in [0.1, 0.15) is 28.3 Å². The number of amides is 1. The van der Waals surface area contributed by atoms with E-state index in [1.807, 2.05) is 32.0 Å². The Hall–Kier alpha value is -3.80. The molecule has 0 radical (unpaired) electrons. The van der Waals surface area contributed by atoms with E-state index in [0.717, 1.165) is 11.1 Å². The van der Waals surface area contributed by atoms with E-state index in [1.54, 1.807) is 36.7 Å². The van der Waals surface area contributed by atoms with Crippen molar-refractivity contribution in [1.29, 1.82) is 0 Å². The zero-order valence-electron chi connectivity index (χ0n) is 16.0. The number of hydrogen-bond acceptors (Lipinski definition) is 5. The molecule has 1 atom stereocenters. The van der Waals surface area contributed by atoms with Crippen molar-refractivity contribution in [3.63, 3.8) is 0 Å². The van der Waals surface area contributed by atoms with Gasteiger partial charge in [0, 0.05) is 36.0 Å². The summed E-state index contributed by atoms with van der Waals surface area (Å²) in [4.78, 5) is 35.6. The molecule has 3 aromatic rings. The van der Waals surface area contributed by atoms with Gasteiger partial charge in [0.1, 0.15) is 5.76 Å². The van der Waals surface area contributed by atoms with E-state index in [-0.39, 0.29) is 11.3 Å². The number of hydrogen-bond donors (Lipinski definition) is 1. The first-order chi connectivity index (χ1) is 14.0. The zero-order valence-corrected chi connectivity index (χ0v) is 16.0. The molecule has 1 aliphatic rings. The van der Waals surface area contributed by atoms with Crippen molar-refractivity contribution in [2.24, 2.45) is 0 Å². The Morgan fingerprint density at radius 1 is 1.00 bits per heavy atom. The lowest BCUT2D eigenvalue weighted by Crippen LogP contribution is -2.30. The van der Waals surface area contributed by atoms with E-state index < -0.39 is 17.7 Å². The van der Waals surface area contributed by atoms with Crippen LogP contribution >= 0.6 is 0 Å². The number of anilines is 1. The van der Waals surface area contributed by atoms with Crippen molar-refractivity contribution in [1.82, 2.24) is 9.97 Å². The minimum absolute atomic E-state index is 0.0363. The third-order valence-electron chi connectivity index (χ3n) is 5.01. The fraction of sp³-hybridized carbons (Fsp3) is 0.130. The molecule has 1 N–H and O–H groups in total. The molecule has 1 fully saturated rings. The number of benzene rings is 1. The maximum atomic E-state index is 13.1. The third kappa shape index (κ3) is 3.18. The smallest absolute Gasteiger partial charge is 0.300 e. The van der Waals surface area contributed by atoms with Gasteiger partial charge in [0.05, 0.1) is 11.6 Å². The van der Waals surface area contributed by atoms with E-state index in [2.05, 4.69) is 9.97 Å². The van der Waals surface area contributed by atoms with Crippen LogP contribution in [0, 0.1) is 13.8 Å². The number of nitrogens with zero attached hydrogens (tertiary/aromatic N) is 3. The van der Waals surface area contributed by atoms with Crippen LogP contribution in [0.15, 0.2) is 72.8 Å². The number of aromatic nitrogens is 2. The second-order valence-electron chi connectivity index (χ2n) is 6.98. The predicted molar refractivity (Wildman–Crippen MR) is 109 cm³/mol. The van der Waals surface area contributed by atoms with Crippen molar-refractivity contribution in [2.45, 2.75) is 19.9 Å². The van der Waals surface area contributed by atoms with Gasteiger partial charge in [0.25, 0.3) is 11.7 Å². The van der Waals surface area contributed by atoms with Gasteiger partial charge in [-0.15, -0.1) is 0 Å². The molecule has 1 aliphatic heterocycles. The lowest BCUT2D eigenvalue weighted by atomic mass is 9.96. The molecule has 1 amide bonds. The van der Waals surface area contributed by atoms with Crippen LogP contribution in [0.2, 0.25) is 0 Å². The van der Waals surface area contributed by atoms with E-state index >= 15 is 0 Å². The lowest BCUT2D eigenvalue weighted by molar-refractivity contribution is -0.132. The van der Waals surface area contributed by atoms with Gasteiger partial charge in [-0.25, -0.2) is 0 Å². The molecule has 144 valence electrons. The molecule has 1 saturated heterocycles. The van der Waals surface area contributed by atoms with Crippen molar-refractivity contribution in [3.8, 4) is 0 Å². The number of aryl methyl sites for hydroxylation is 2. The average Bonchev–Trinajstić information content (AvgIpc) is 3.00. The zero-order chi connectivity index (χ0) is 20.5. The van der Waals surface area contributed by atoms with Crippen molar-refractivity contribution < 1.29 is 14.7 Å². The summed E-state index contributed by atoms with van der Waals surface area (Å²) >= 11 is 0. The molecule has 6 heteroatoms. The number of aliphatic hydroxyl groups is 1. The Morgan fingerprint density at radius 2 is 1.76 bits per heavy atom. The molecular weight excluding hydrogens is 366 g/mol. The van der Waals surface area contributed by atoms with Gasteiger partial charge in [0.2, 0.25) is 0 Å². The van der Waals surface area contributed by atoms with E-state index in [0.29, 0.717) is 16.8 Å². The Labute approximate surface area is 168 Å². The second kappa shape index (κ2) is 7.31. The normalized spacial score (nSPS) is 18.3. The molecule has 2 aromatic heterocycles. The fourth-order valence-electron chi connectivity index (χ4n) is 3.68. The van der Waals surface area contributed by atoms with Crippen molar-refractivity contribution >= 4 is 23.1 Å². The summed E-state index contributed by atoms with van der Waals surface area (Å²) in [7, 11) is 0. The number of aliphatic hydroxyl groups excluding tert-OH is 1. The average molecular weight is 385 g/mol. The van der Waals surface area contributed by atoms with Gasteiger partial charge in [-0.2, -0.15) is 0 Å². The van der Waals surface area contributed by atoms with E-state index in [1.165, 1.54) is 17.3 Å². The van der Waals surface area contributed by atoms with Gasteiger partial charge in [0.15, 0.2) is 0 Å². The molecule has 0 saturated carbocycles. The summed E-state index contributed by atoms with van der Waals surface area (Å²) in [6.45, 7) is 3.86. The summed E-state index contributed by atoms with van der Waals surface area (Å²) in [5, 5.41) is 11.0. The molecule has 0 spiro atoms. The minimum atomic E-state index is -0.779. The molecular formula is C23H19N3O3. The second-order valence-corrected chi connectivity index (χ2v) is 6.98. The Morgan fingerprint density at radius 3 is 2.41 bits per heavy atom. The highest BCUT2D eigenvalue weighted by atomic mass is 16.3. The number of ketones is 1. The standard InChI is InChI=1S/C23H19N3O3/c1-14-5-6-18(15(2)12-14)26-20(17-4-3-9-25-13-17)19(22(28)23(26)29)21(27)16-7-10-24-11-8-16/h3-13,20,27H,1-2H3/b21-19+. The predicted octanol–water partition coefficient (Wildman–Crippen LogP) is 3.72. The third-order valence-corrected chi connectivity index (χ3v) is 5.01. The molecule has 0 bridgehead atoms. The van der Waals surface area contributed by atoms with Crippen LogP contribution in [0.4, 0.5) is 5.69 Å². The Bertz CT molecular complexity index is 1120. The first kappa shape index (κ1) is 18.6. The van der Waals surface area contributed by atoms with Crippen LogP contribution in [0.3, 0.4) is 0 Å². The number of pyridine rings is 2. The quantitative estimate of drug-likeness (QED) is 0.422. The topological polar surface area (TPSA) is 83.4 Å². The molecule has 29 heavy (non-hydrogen) atoms. The number of carbonyl (C=O) groups excluding carboxylic acids is 2. The highest BCUT2D eigenvalue weighted by Gasteiger charge is 2.47. The van der Waals surface area contributed by atoms with Gasteiger partial charge < -0.3 is 5.11 Å². The molecule has 1 aromatic carbocycles. The fourth-order valence-corrected chi connectivity index (χ4v) is 3.68. The van der Waals surface area contributed by atoms with Crippen LogP contribution in [-0.2, 0) is 9.59 Å². The SMILES string of the molecule is Cc1ccc(N2C(=O)C(=O)/C(=C(/O)c3ccncc3)C2c2cccnc2)c(C)c1. The summed E-state index contributed by atoms with van der Waals surface area (Å²) < 4.78 is 0. The monoisotopic (exact) mass is 385 g/mol. The van der Waals surface area contributed by atoms with E-state index in [4.69, 9.17) is 0 Å². The largest absolute Gasteiger partial charge is 0.507 e. The van der Waals surface area contributed by atoms with E-state index in [9.17, 15) is 14.7 Å². The first-order valence-corrected chi connectivity index (χ1v) is 9.17. The first-order valence-electron chi connectivity index (χ1n) is 9.17. The number of Topliss-reactive ketones (excluding diaryl/α,β-unsaturated/α-hetero) is 1. The highest BCUT2D eigenvalue weighted by Crippen LogP contribution is 2.42.